The summed E-state index contributed by atoms with van der Waals surface area (Å²) in [6.45, 7) is 1.70. The van der Waals surface area contributed by atoms with E-state index < -0.39 is 18.5 Å². The van der Waals surface area contributed by atoms with Crippen molar-refractivity contribution in [3.8, 4) is 0 Å². The number of alkyl halides is 4. The van der Waals surface area contributed by atoms with Gasteiger partial charge in [-0.1, -0.05) is 31.9 Å². The second kappa shape index (κ2) is 5.24. The van der Waals surface area contributed by atoms with Crippen LogP contribution < -0.4 is 0 Å². The van der Waals surface area contributed by atoms with E-state index in [4.69, 9.17) is 0 Å². The van der Waals surface area contributed by atoms with Gasteiger partial charge in [-0.3, -0.25) is 0 Å². The minimum atomic E-state index is -4.49. The highest BCUT2D eigenvalue weighted by molar-refractivity contribution is 9.11. The van der Waals surface area contributed by atoms with Crippen LogP contribution in [0.15, 0.2) is 21.1 Å². The smallest absolute Gasteiger partial charge is 0.336 e. The molecule has 1 nitrogen and oxygen atoms in total. The molecule has 1 aromatic rings. The maximum absolute atomic E-state index is 13.0. The first-order valence-corrected chi connectivity index (χ1v) is 6.06. The van der Waals surface area contributed by atoms with E-state index in [1.165, 1.54) is 12.1 Å². The number of aliphatic hydroxyl groups excluding tert-OH is 1. The standard InChI is InChI=1S/C10H8Br2F4O/c1-4-2-7(12)5(3-6(4)11)8(17)10(15,16)9(13)14/h2-3,8-9,17H,1H3. The van der Waals surface area contributed by atoms with Crippen molar-refractivity contribution in [1.82, 2.24) is 0 Å². The van der Waals surface area contributed by atoms with Gasteiger partial charge >= 0.3 is 12.3 Å². The Labute approximate surface area is 112 Å². The fourth-order valence-electron chi connectivity index (χ4n) is 1.20. The van der Waals surface area contributed by atoms with Crippen molar-refractivity contribution in [1.29, 1.82) is 0 Å². The quantitative estimate of drug-likeness (QED) is 0.769. The molecule has 1 rings (SSSR count). The third-order valence-corrected chi connectivity index (χ3v) is 3.77. The van der Waals surface area contributed by atoms with Crippen LogP contribution in [-0.2, 0) is 0 Å². The molecular formula is C10H8Br2F4O. The Morgan fingerprint density at radius 2 is 1.71 bits per heavy atom. The van der Waals surface area contributed by atoms with Crippen molar-refractivity contribution in [3.63, 3.8) is 0 Å². The van der Waals surface area contributed by atoms with Crippen molar-refractivity contribution >= 4 is 31.9 Å². The zero-order valence-electron chi connectivity index (χ0n) is 8.52. The Morgan fingerprint density at radius 1 is 1.18 bits per heavy atom. The second-order valence-electron chi connectivity index (χ2n) is 3.50. The van der Waals surface area contributed by atoms with Crippen LogP contribution in [0.25, 0.3) is 0 Å². The lowest BCUT2D eigenvalue weighted by Crippen LogP contribution is -2.34. The van der Waals surface area contributed by atoms with Crippen molar-refractivity contribution in [2.45, 2.75) is 25.4 Å². The number of rotatable bonds is 3. The molecule has 0 saturated heterocycles. The van der Waals surface area contributed by atoms with Crippen LogP contribution in [0.1, 0.15) is 17.2 Å². The van der Waals surface area contributed by atoms with E-state index >= 15 is 0 Å². The molecule has 0 spiro atoms. The van der Waals surface area contributed by atoms with Gasteiger partial charge in [-0.25, -0.2) is 8.78 Å². The summed E-state index contributed by atoms with van der Waals surface area (Å²) in [6.07, 6.45) is -6.49. The van der Waals surface area contributed by atoms with Gasteiger partial charge in [0.25, 0.3) is 0 Å². The first kappa shape index (κ1) is 14.9. The second-order valence-corrected chi connectivity index (χ2v) is 5.21. The topological polar surface area (TPSA) is 20.2 Å². The van der Waals surface area contributed by atoms with E-state index in [1.807, 2.05) is 0 Å². The number of hydrogen-bond donors (Lipinski definition) is 1. The van der Waals surface area contributed by atoms with Gasteiger partial charge in [0.05, 0.1) is 0 Å². The van der Waals surface area contributed by atoms with E-state index in [0.717, 1.165) is 5.56 Å². The number of aryl methyl sites for hydroxylation is 1. The van der Waals surface area contributed by atoms with Gasteiger partial charge in [0, 0.05) is 14.5 Å². The van der Waals surface area contributed by atoms with Gasteiger partial charge in [-0.2, -0.15) is 8.78 Å². The van der Waals surface area contributed by atoms with Gasteiger partial charge in [-0.15, -0.1) is 0 Å². The highest BCUT2D eigenvalue weighted by Gasteiger charge is 2.49. The first-order chi connectivity index (χ1) is 7.67. The summed E-state index contributed by atoms with van der Waals surface area (Å²) >= 11 is 6.05. The summed E-state index contributed by atoms with van der Waals surface area (Å²) in [5.74, 6) is -4.49. The molecular weight excluding hydrogens is 372 g/mol. The number of benzene rings is 1. The maximum Gasteiger partial charge on any atom is 0.336 e. The molecule has 0 saturated carbocycles. The van der Waals surface area contributed by atoms with E-state index in [0.29, 0.717) is 4.47 Å². The number of hydrogen-bond acceptors (Lipinski definition) is 1. The Morgan fingerprint density at radius 3 is 2.18 bits per heavy atom. The molecule has 96 valence electrons. The average molecular weight is 380 g/mol. The first-order valence-electron chi connectivity index (χ1n) is 4.47. The lowest BCUT2D eigenvalue weighted by Gasteiger charge is -2.23. The molecule has 0 aliphatic carbocycles. The largest absolute Gasteiger partial charge is 0.382 e. The van der Waals surface area contributed by atoms with Gasteiger partial charge in [0.1, 0.15) is 6.10 Å². The predicted molar refractivity (Wildman–Crippen MR) is 62.5 cm³/mol. The zero-order valence-corrected chi connectivity index (χ0v) is 11.7. The zero-order chi connectivity index (χ0) is 13.4. The normalized spacial score (nSPS) is 14.2. The summed E-state index contributed by atoms with van der Waals surface area (Å²) in [5.41, 5.74) is 0.445. The molecule has 1 aromatic carbocycles. The van der Waals surface area contributed by atoms with Crippen LogP contribution in [0.5, 0.6) is 0 Å². The van der Waals surface area contributed by atoms with E-state index in [1.54, 1.807) is 6.92 Å². The molecule has 17 heavy (non-hydrogen) atoms. The molecule has 0 bridgehead atoms. The predicted octanol–water partition coefficient (Wildman–Crippen LogP) is 4.45. The van der Waals surface area contributed by atoms with Crippen LogP contribution in [-0.4, -0.2) is 17.5 Å². The Kier molecular flexibility index (Phi) is 4.60. The minimum Gasteiger partial charge on any atom is -0.382 e. The van der Waals surface area contributed by atoms with Crippen LogP contribution in [0.4, 0.5) is 17.6 Å². The average Bonchev–Trinajstić information content (AvgIpc) is 2.22. The molecule has 0 heterocycles. The highest BCUT2D eigenvalue weighted by Crippen LogP contribution is 2.40. The lowest BCUT2D eigenvalue weighted by atomic mass is 10.0. The Balaban J connectivity index is 3.21. The van der Waals surface area contributed by atoms with Crippen LogP contribution in [0, 0.1) is 6.92 Å². The minimum absolute atomic E-state index is 0.158. The Hall–Kier alpha value is -0.140. The molecule has 0 aliphatic rings. The molecule has 0 amide bonds. The van der Waals surface area contributed by atoms with Gasteiger partial charge < -0.3 is 5.11 Å². The lowest BCUT2D eigenvalue weighted by molar-refractivity contribution is -0.194. The van der Waals surface area contributed by atoms with Crippen LogP contribution in [0.3, 0.4) is 0 Å². The van der Waals surface area contributed by atoms with E-state index in [-0.39, 0.29) is 10.0 Å². The summed E-state index contributed by atoms with van der Waals surface area (Å²) < 4.78 is 50.9. The van der Waals surface area contributed by atoms with Gasteiger partial charge in [0.15, 0.2) is 0 Å². The molecule has 0 aromatic heterocycles. The summed E-state index contributed by atoms with van der Waals surface area (Å²) in [5, 5.41) is 9.33. The maximum atomic E-state index is 13.0. The number of aliphatic hydroxyl groups is 1. The third-order valence-electron chi connectivity index (χ3n) is 2.23. The monoisotopic (exact) mass is 378 g/mol. The van der Waals surface area contributed by atoms with Crippen LogP contribution in [0.2, 0.25) is 0 Å². The highest BCUT2D eigenvalue weighted by atomic mass is 79.9. The molecule has 0 aliphatic heterocycles. The van der Waals surface area contributed by atoms with Gasteiger partial charge in [-0.05, 0) is 24.6 Å². The van der Waals surface area contributed by atoms with Gasteiger partial charge in [0.2, 0.25) is 0 Å². The summed E-state index contributed by atoms with van der Waals surface area (Å²) in [7, 11) is 0. The molecule has 7 heteroatoms. The van der Waals surface area contributed by atoms with Crippen LogP contribution >= 0.6 is 31.9 Å². The van der Waals surface area contributed by atoms with E-state index in [9.17, 15) is 22.7 Å². The van der Waals surface area contributed by atoms with E-state index in [2.05, 4.69) is 31.9 Å². The summed E-state index contributed by atoms with van der Waals surface area (Å²) in [6, 6.07) is 2.66. The van der Waals surface area contributed by atoms with Crippen molar-refractivity contribution in [2.75, 3.05) is 0 Å². The Bertz CT molecular complexity index is 423. The molecule has 1 atom stereocenters. The molecule has 0 fully saturated rings. The van der Waals surface area contributed by atoms with Crippen molar-refractivity contribution < 1.29 is 22.7 Å². The SMILES string of the molecule is Cc1cc(Br)c(C(O)C(F)(F)C(F)F)cc1Br. The van der Waals surface area contributed by atoms with Crippen molar-refractivity contribution in [2.24, 2.45) is 0 Å². The van der Waals surface area contributed by atoms with Crippen molar-refractivity contribution in [3.05, 3.63) is 32.2 Å². The summed E-state index contributed by atoms with van der Waals surface area (Å²) in [4.78, 5) is 0. The molecule has 1 N–H and O–H groups in total. The number of halogens is 6. The fourth-order valence-corrected chi connectivity index (χ4v) is 2.23. The third kappa shape index (κ3) is 3.00. The molecule has 1 unspecified atom stereocenters. The fraction of sp³-hybridized carbons (Fsp3) is 0.400. The molecule has 0 radical (unpaired) electrons.